The molecule has 1 saturated heterocycles. The van der Waals surface area contributed by atoms with Gasteiger partial charge in [0.15, 0.2) is 0 Å². The molecule has 0 radical (unpaired) electrons. The van der Waals surface area contributed by atoms with Crippen LogP contribution in [-0.2, 0) is 6.54 Å². The smallest absolute Gasteiger partial charge is 0.0523 e. The molecule has 0 spiro atoms. The Kier molecular flexibility index (Phi) is 3.52. The molecular formula is C15H23N3. The Morgan fingerprint density at radius 1 is 1.33 bits per heavy atom. The topological polar surface area (TPSA) is 27.3 Å². The third-order valence-corrected chi connectivity index (χ3v) is 3.84. The average molecular weight is 245 g/mol. The molecule has 98 valence electrons. The molecule has 1 aliphatic carbocycles. The highest BCUT2D eigenvalue weighted by Crippen LogP contribution is 2.27. The number of hydrogen-bond acceptors (Lipinski definition) is 3. The lowest BCUT2D eigenvalue weighted by atomic mass is 10.2. The fraction of sp³-hybridized carbons (Fsp3) is 0.600. The van der Waals surface area contributed by atoms with Gasteiger partial charge in [-0.15, -0.1) is 0 Å². The van der Waals surface area contributed by atoms with Gasteiger partial charge in [-0.05, 0) is 56.3 Å². The predicted octanol–water partition coefficient (Wildman–Crippen LogP) is 2.29. The number of hydrazine groups is 1. The Hall–Kier alpha value is -1.06. The van der Waals surface area contributed by atoms with Crippen LogP contribution in [0.25, 0.3) is 0 Å². The highest BCUT2D eigenvalue weighted by molar-refractivity contribution is 5.48. The number of nitrogens with one attached hydrogen (secondary N) is 2. The molecule has 1 atom stereocenters. The van der Waals surface area contributed by atoms with E-state index in [4.69, 9.17) is 0 Å². The maximum absolute atomic E-state index is 3.55. The van der Waals surface area contributed by atoms with Crippen LogP contribution in [0.2, 0.25) is 0 Å². The first kappa shape index (κ1) is 12.0. The molecule has 3 nitrogen and oxygen atoms in total. The second-order valence-electron chi connectivity index (χ2n) is 5.71. The van der Waals surface area contributed by atoms with Crippen LogP contribution in [0, 0.1) is 5.92 Å². The molecule has 0 amide bonds. The van der Waals surface area contributed by atoms with E-state index in [2.05, 4.69) is 46.9 Å². The van der Waals surface area contributed by atoms with Gasteiger partial charge in [0.25, 0.3) is 0 Å². The second kappa shape index (κ2) is 5.29. The largest absolute Gasteiger partial charge is 0.312 e. The van der Waals surface area contributed by atoms with Crippen LogP contribution >= 0.6 is 0 Å². The van der Waals surface area contributed by atoms with Crippen molar-refractivity contribution >= 4 is 5.69 Å². The van der Waals surface area contributed by atoms with Crippen molar-refractivity contribution in [1.29, 1.82) is 0 Å². The van der Waals surface area contributed by atoms with Gasteiger partial charge in [0.05, 0.1) is 5.69 Å². The van der Waals surface area contributed by atoms with Crippen molar-refractivity contribution in [2.45, 2.75) is 38.8 Å². The Labute approximate surface area is 110 Å². The highest BCUT2D eigenvalue weighted by Gasteiger charge is 2.20. The fourth-order valence-corrected chi connectivity index (χ4v) is 2.50. The molecule has 3 rings (SSSR count). The van der Waals surface area contributed by atoms with E-state index in [1.165, 1.54) is 37.1 Å². The van der Waals surface area contributed by atoms with Crippen molar-refractivity contribution in [3.63, 3.8) is 0 Å². The highest BCUT2D eigenvalue weighted by atomic mass is 15.5. The third-order valence-electron chi connectivity index (χ3n) is 3.84. The van der Waals surface area contributed by atoms with E-state index >= 15 is 0 Å². The van der Waals surface area contributed by atoms with Crippen LogP contribution in [0.15, 0.2) is 24.3 Å². The van der Waals surface area contributed by atoms with Gasteiger partial charge in [-0.3, -0.25) is 0 Å². The van der Waals surface area contributed by atoms with Crippen molar-refractivity contribution in [1.82, 2.24) is 10.7 Å². The van der Waals surface area contributed by atoms with Gasteiger partial charge < -0.3 is 10.3 Å². The summed E-state index contributed by atoms with van der Waals surface area (Å²) in [4.78, 5) is 0. The van der Waals surface area contributed by atoms with E-state index < -0.39 is 0 Å². The summed E-state index contributed by atoms with van der Waals surface area (Å²) in [5, 5.41) is 5.82. The molecule has 2 fully saturated rings. The summed E-state index contributed by atoms with van der Waals surface area (Å²) in [6.07, 6.45) is 4.06. The molecule has 3 heteroatoms. The zero-order chi connectivity index (χ0) is 12.4. The Morgan fingerprint density at radius 3 is 2.94 bits per heavy atom. The lowest BCUT2D eigenvalue weighted by Crippen LogP contribution is -2.34. The number of hydrogen-bond donors (Lipinski definition) is 2. The van der Waals surface area contributed by atoms with Crippen molar-refractivity contribution in [2.75, 3.05) is 18.1 Å². The summed E-state index contributed by atoms with van der Waals surface area (Å²) < 4.78 is 0. The van der Waals surface area contributed by atoms with E-state index in [0.29, 0.717) is 6.04 Å². The minimum absolute atomic E-state index is 0.599. The Bertz CT molecular complexity index is 400. The van der Waals surface area contributed by atoms with Gasteiger partial charge in [-0.1, -0.05) is 12.1 Å². The van der Waals surface area contributed by atoms with Crippen molar-refractivity contribution in [2.24, 2.45) is 5.92 Å². The van der Waals surface area contributed by atoms with E-state index in [0.717, 1.165) is 19.0 Å². The van der Waals surface area contributed by atoms with E-state index in [1.54, 1.807) is 0 Å². The van der Waals surface area contributed by atoms with Crippen LogP contribution < -0.4 is 15.8 Å². The SMILES string of the molecule is CC1CCN(c2cccc(CNCC3CC3)c2)N1. The first-order valence-electron chi connectivity index (χ1n) is 7.14. The molecule has 1 aliphatic heterocycles. The van der Waals surface area contributed by atoms with Crippen molar-refractivity contribution in [3.05, 3.63) is 29.8 Å². The lowest BCUT2D eigenvalue weighted by molar-refractivity contribution is 0.635. The van der Waals surface area contributed by atoms with Gasteiger partial charge in [0.1, 0.15) is 0 Å². The third kappa shape index (κ3) is 3.03. The summed E-state index contributed by atoms with van der Waals surface area (Å²) in [7, 11) is 0. The minimum atomic E-state index is 0.599. The molecule has 1 aromatic rings. The maximum Gasteiger partial charge on any atom is 0.0523 e. The number of nitrogens with zero attached hydrogens (tertiary/aromatic N) is 1. The van der Waals surface area contributed by atoms with Crippen LogP contribution in [0.1, 0.15) is 31.7 Å². The lowest BCUT2D eigenvalue weighted by Gasteiger charge is -2.19. The summed E-state index contributed by atoms with van der Waals surface area (Å²) in [6.45, 7) is 5.53. The average Bonchev–Trinajstić information content (AvgIpc) is 3.10. The Balaban J connectivity index is 1.57. The van der Waals surface area contributed by atoms with Crippen LogP contribution in [0.5, 0.6) is 0 Å². The molecule has 1 saturated carbocycles. The molecule has 2 N–H and O–H groups in total. The minimum Gasteiger partial charge on any atom is -0.312 e. The molecule has 0 aromatic heterocycles. The Morgan fingerprint density at radius 2 is 2.22 bits per heavy atom. The molecule has 1 aromatic carbocycles. The van der Waals surface area contributed by atoms with Gasteiger partial charge in [-0.2, -0.15) is 0 Å². The van der Waals surface area contributed by atoms with Gasteiger partial charge in [0, 0.05) is 19.1 Å². The van der Waals surface area contributed by atoms with Crippen LogP contribution in [-0.4, -0.2) is 19.1 Å². The normalized spacial score (nSPS) is 23.6. The zero-order valence-corrected chi connectivity index (χ0v) is 11.2. The summed E-state index contributed by atoms with van der Waals surface area (Å²) >= 11 is 0. The van der Waals surface area contributed by atoms with Crippen molar-refractivity contribution < 1.29 is 0 Å². The molecular weight excluding hydrogens is 222 g/mol. The summed E-state index contributed by atoms with van der Waals surface area (Å²) in [6, 6.07) is 9.46. The molecule has 18 heavy (non-hydrogen) atoms. The predicted molar refractivity (Wildman–Crippen MR) is 75.4 cm³/mol. The molecule has 0 bridgehead atoms. The fourth-order valence-electron chi connectivity index (χ4n) is 2.50. The molecule has 1 unspecified atom stereocenters. The quantitative estimate of drug-likeness (QED) is 0.833. The van der Waals surface area contributed by atoms with Crippen LogP contribution in [0.4, 0.5) is 5.69 Å². The summed E-state index contributed by atoms with van der Waals surface area (Å²) in [5.41, 5.74) is 6.17. The zero-order valence-electron chi connectivity index (χ0n) is 11.2. The first-order valence-corrected chi connectivity index (χ1v) is 7.14. The van der Waals surface area contributed by atoms with E-state index in [-0.39, 0.29) is 0 Å². The summed E-state index contributed by atoms with van der Waals surface area (Å²) in [5.74, 6) is 0.953. The number of benzene rings is 1. The second-order valence-corrected chi connectivity index (χ2v) is 5.71. The van der Waals surface area contributed by atoms with Crippen LogP contribution in [0.3, 0.4) is 0 Å². The monoisotopic (exact) mass is 245 g/mol. The molecule has 2 aliphatic rings. The van der Waals surface area contributed by atoms with Gasteiger partial charge >= 0.3 is 0 Å². The first-order chi connectivity index (χ1) is 8.81. The number of anilines is 1. The van der Waals surface area contributed by atoms with Crippen molar-refractivity contribution in [3.8, 4) is 0 Å². The van der Waals surface area contributed by atoms with E-state index in [9.17, 15) is 0 Å². The van der Waals surface area contributed by atoms with Gasteiger partial charge in [-0.25, -0.2) is 5.43 Å². The number of rotatable bonds is 5. The standard InChI is InChI=1S/C15H23N3/c1-12-7-8-18(17-12)15-4-2-3-14(9-15)11-16-10-13-5-6-13/h2-4,9,12-13,16-17H,5-8,10-11H2,1H3. The maximum atomic E-state index is 3.55. The molecule has 1 heterocycles. The van der Waals surface area contributed by atoms with E-state index in [1.807, 2.05) is 0 Å². The van der Waals surface area contributed by atoms with Gasteiger partial charge in [0.2, 0.25) is 0 Å².